The third-order valence-corrected chi connectivity index (χ3v) is 5.00. The van der Waals surface area contributed by atoms with Crippen molar-refractivity contribution >= 4 is 43.8 Å². The van der Waals surface area contributed by atoms with Gasteiger partial charge >= 0.3 is 11.9 Å². The summed E-state index contributed by atoms with van der Waals surface area (Å²) < 4.78 is 17.4. The molecule has 0 fully saturated rings. The van der Waals surface area contributed by atoms with Crippen LogP contribution in [0.1, 0.15) is 58.0 Å². The van der Waals surface area contributed by atoms with E-state index in [4.69, 9.17) is 7.10 Å². The molecule has 0 amide bonds. The van der Waals surface area contributed by atoms with Crippen LogP contribution < -0.4 is 5.73 Å². The zero-order valence-corrected chi connectivity index (χ0v) is 21.0. The van der Waals surface area contributed by atoms with Crippen LogP contribution in [0.3, 0.4) is 0 Å². The van der Waals surface area contributed by atoms with Crippen molar-refractivity contribution in [1.82, 2.24) is 0 Å². The fraction of sp³-hybridized carbons (Fsp3) is 0.391. The van der Waals surface area contributed by atoms with Gasteiger partial charge in [-0.15, -0.1) is 0 Å². The van der Waals surface area contributed by atoms with Gasteiger partial charge in [0.15, 0.2) is 0 Å². The van der Waals surface area contributed by atoms with Crippen molar-refractivity contribution in [1.29, 1.82) is 0 Å². The lowest BCUT2D eigenvalue weighted by Crippen LogP contribution is -2.16. The standard InChI is InChI=1S/C11H13BrO2.C10H12BrNO2.C2H6/c1-8(6-11(13)14-2)9-4-3-5-10(12)7-9;1-14-10(13)6-9(12)7-3-2-4-8(11)5-7;1-2/h3-5,7-8H,6H2,1-2H3;2-5,9H,6,12H2,1H3;1-2H3/t8-;9-;/m00./s1/i;;1D. The van der Waals surface area contributed by atoms with Crippen LogP contribution in [0, 0.1) is 0 Å². The van der Waals surface area contributed by atoms with E-state index in [0.717, 1.165) is 20.1 Å². The molecular formula is C23H31Br2NO4. The number of methoxy groups -OCH3 is 2. The summed E-state index contributed by atoms with van der Waals surface area (Å²) in [6, 6.07) is 15.2. The maximum Gasteiger partial charge on any atom is 0.307 e. The predicted molar refractivity (Wildman–Crippen MR) is 128 cm³/mol. The van der Waals surface area contributed by atoms with E-state index in [0.29, 0.717) is 13.3 Å². The molecule has 2 N–H and O–H groups in total. The number of rotatable bonds is 6. The highest BCUT2D eigenvalue weighted by atomic mass is 79.9. The summed E-state index contributed by atoms with van der Waals surface area (Å²) in [4.78, 5) is 22.0. The van der Waals surface area contributed by atoms with Gasteiger partial charge < -0.3 is 15.2 Å². The molecule has 166 valence electrons. The molecule has 2 rings (SSSR count). The Hall–Kier alpha value is -1.70. The monoisotopic (exact) mass is 544 g/mol. The van der Waals surface area contributed by atoms with Gasteiger partial charge in [-0.25, -0.2) is 0 Å². The van der Waals surface area contributed by atoms with Crippen LogP contribution in [-0.4, -0.2) is 26.2 Å². The largest absolute Gasteiger partial charge is 0.469 e. The van der Waals surface area contributed by atoms with Crippen molar-refractivity contribution in [2.24, 2.45) is 5.73 Å². The van der Waals surface area contributed by atoms with Gasteiger partial charge in [-0.3, -0.25) is 9.59 Å². The van der Waals surface area contributed by atoms with Gasteiger partial charge in [0.2, 0.25) is 0 Å². The van der Waals surface area contributed by atoms with Gasteiger partial charge in [0.05, 0.1) is 27.1 Å². The molecule has 0 aromatic heterocycles. The molecule has 0 bridgehead atoms. The quantitative estimate of drug-likeness (QED) is 0.440. The minimum atomic E-state index is -0.306. The lowest BCUT2D eigenvalue weighted by molar-refractivity contribution is -0.141. The third kappa shape index (κ3) is 11.5. The molecule has 0 aliphatic rings. The minimum absolute atomic E-state index is 0.169. The fourth-order valence-corrected chi connectivity index (χ4v) is 3.22. The second kappa shape index (κ2) is 16.1. The van der Waals surface area contributed by atoms with Crippen LogP contribution in [0.2, 0.25) is 0 Å². The maximum absolute atomic E-state index is 11.0. The Morgan fingerprint density at radius 3 is 1.87 bits per heavy atom. The smallest absolute Gasteiger partial charge is 0.307 e. The number of benzene rings is 2. The molecule has 5 nitrogen and oxygen atoms in total. The number of carbonyl (C=O) groups excluding carboxylic acids is 2. The minimum Gasteiger partial charge on any atom is -0.469 e. The topological polar surface area (TPSA) is 78.6 Å². The van der Waals surface area contributed by atoms with E-state index < -0.39 is 0 Å². The molecule has 0 saturated carbocycles. The van der Waals surface area contributed by atoms with Crippen molar-refractivity contribution in [2.45, 2.75) is 45.5 Å². The molecule has 0 radical (unpaired) electrons. The molecule has 0 unspecified atom stereocenters. The summed E-state index contributed by atoms with van der Waals surface area (Å²) in [6.07, 6.45) is 0.625. The normalized spacial score (nSPS) is 12.0. The third-order valence-electron chi connectivity index (χ3n) is 4.01. The lowest BCUT2D eigenvalue weighted by Gasteiger charge is -2.10. The molecule has 0 aliphatic carbocycles. The van der Waals surface area contributed by atoms with Crippen molar-refractivity contribution in [2.75, 3.05) is 14.2 Å². The summed E-state index contributed by atoms with van der Waals surface area (Å²) >= 11 is 6.74. The Bertz CT molecular complexity index is 739. The first-order valence-electron chi connectivity index (χ1n) is 10.1. The number of esters is 2. The molecular weight excluding hydrogens is 514 g/mol. The molecule has 7 heteroatoms. The van der Waals surface area contributed by atoms with Crippen LogP contribution in [-0.2, 0) is 19.1 Å². The van der Waals surface area contributed by atoms with Gasteiger partial charge in [-0.1, -0.05) is 76.9 Å². The fourth-order valence-electron chi connectivity index (χ4n) is 2.38. The number of ether oxygens (including phenoxy) is 2. The van der Waals surface area contributed by atoms with Crippen LogP contribution in [0.5, 0.6) is 0 Å². The van der Waals surface area contributed by atoms with Crippen molar-refractivity contribution in [3.63, 3.8) is 0 Å². The number of nitrogens with two attached hydrogens (primary N) is 1. The van der Waals surface area contributed by atoms with Crippen molar-refractivity contribution in [3.8, 4) is 0 Å². The van der Waals surface area contributed by atoms with E-state index in [9.17, 15) is 9.59 Å². The van der Waals surface area contributed by atoms with Crippen molar-refractivity contribution in [3.05, 3.63) is 68.6 Å². The van der Waals surface area contributed by atoms with Gasteiger partial charge in [-0.05, 0) is 41.3 Å². The lowest BCUT2D eigenvalue weighted by atomic mass is 9.98. The zero-order chi connectivity index (χ0) is 23.8. The SMILES string of the molecule is COC(=O)C[C@H](C)c1cccc(Br)c1.COC(=O)C[C@H](N)c1cccc(Br)c1.[2H]CC. The molecule has 0 heterocycles. The summed E-state index contributed by atoms with van der Waals surface area (Å²) in [6.45, 7) is 4.30. The van der Waals surface area contributed by atoms with E-state index in [1.54, 1.807) is 6.92 Å². The van der Waals surface area contributed by atoms with E-state index >= 15 is 0 Å². The predicted octanol–water partition coefficient (Wildman–Crippen LogP) is 6.15. The summed E-state index contributed by atoms with van der Waals surface area (Å²) in [7, 11) is 2.77. The number of hydrogen-bond acceptors (Lipinski definition) is 5. The zero-order valence-electron chi connectivity index (χ0n) is 18.9. The summed E-state index contributed by atoms with van der Waals surface area (Å²) in [5, 5.41) is 0. The molecule has 2 atom stereocenters. The van der Waals surface area contributed by atoms with Crippen molar-refractivity contribution < 1.29 is 20.4 Å². The van der Waals surface area contributed by atoms with E-state index in [1.165, 1.54) is 14.2 Å². The van der Waals surface area contributed by atoms with Crippen LogP contribution in [0.15, 0.2) is 57.5 Å². The molecule has 2 aromatic carbocycles. The van der Waals surface area contributed by atoms with E-state index in [1.807, 2.05) is 55.5 Å². The average molecular weight is 546 g/mol. The Kier molecular flexibility index (Phi) is 14.1. The van der Waals surface area contributed by atoms with Gasteiger partial charge in [0, 0.05) is 16.4 Å². The van der Waals surface area contributed by atoms with Gasteiger partial charge in [-0.2, -0.15) is 0 Å². The summed E-state index contributed by atoms with van der Waals surface area (Å²) in [5.74, 6) is -0.269. The van der Waals surface area contributed by atoms with Crippen LogP contribution >= 0.6 is 31.9 Å². The Labute approximate surface area is 198 Å². The van der Waals surface area contributed by atoms with E-state index in [2.05, 4.69) is 41.3 Å². The average Bonchev–Trinajstić information content (AvgIpc) is 2.74. The maximum atomic E-state index is 11.0. The molecule has 0 spiro atoms. The van der Waals surface area contributed by atoms with Gasteiger partial charge in [0.1, 0.15) is 0 Å². The highest BCUT2D eigenvalue weighted by Crippen LogP contribution is 2.22. The van der Waals surface area contributed by atoms with Gasteiger partial charge in [0.25, 0.3) is 0 Å². The van der Waals surface area contributed by atoms with E-state index in [-0.39, 0.29) is 30.3 Å². The molecule has 0 aliphatic heterocycles. The first-order chi connectivity index (χ1) is 14.7. The molecule has 2 aromatic rings. The van der Waals surface area contributed by atoms with Crippen LogP contribution in [0.25, 0.3) is 0 Å². The highest BCUT2D eigenvalue weighted by molar-refractivity contribution is 9.10. The highest BCUT2D eigenvalue weighted by Gasteiger charge is 2.12. The Balaban J connectivity index is 0.000000516. The first-order valence-corrected chi connectivity index (χ1v) is 11.0. The second-order valence-electron chi connectivity index (χ2n) is 6.18. The van der Waals surface area contributed by atoms with Crippen LogP contribution in [0.4, 0.5) is 0 Å². The second-order valence-corrected chi connectivity index (χ2v) is 8.01. The molecule has 30 heavy (non-hydrogen) atoms. The first kappa shape index (κ1) is 26.3. The Morgan fingerprint density at radius 2 is 1.40 bits per heavy atom. The number of carbonyl (C=O) groups is 2. The number of hydrogen-bond donors (Lipinski definition) is 1. The Morgan fingerprint density at radius 1 is 0.967 bits per heavy atom. The summed E-state index contributed by atoms with van der Waals surface area (Å²) in [5.41, 5.74) is 7.88. The number of halogens is 2. The molecule has 0 saturated heterocycles.